The zero-order valence-corrected chi connectivity index (χ0v) is 7.81. The summed E-state index contributed by atoms with van der Waals surface area (Å²) in [6.45, 7) is 8.22. The first-order chi connectivity index (χ1) is 5.22. The Morgan fingerprint density at radius 1 is 1.09 bits per heavy atom. The van der Waals surface area contributed by atoms with E-state index in [9.17, 15) is 0 Å². The molecule has 0 heterocycles. The highest BCUT2D eigenvalue weighted by molar-refractivity contribution is 5.25. The van der Waals surface area contributed by atoms with E-state index in [1.807, 2.05) is 32.3 Å². The molecule has 62 valence electrons. The van der Waals surface area contributed by atoms with Crippen LogP contribution in [0, 0.1) is 0 Å². The van der Waals surface area contributed by atoms with Gasteiger partial charge in [0.25, 0.3) is 0 Å². The molecule has 0 aliphatic rings. The molecule has 0 unspecified atom stereocenters. The van der Waals surface area contributed by atoms with E-state index in [1.54, 1.807) is 0 Å². The summed E-state index contributed by atoms with van der Waals surface area (Å²) in [6, 6.07) is 0. The van der Waals surface area contributed by atoms with Crippen LogP contribution in [0.1, 0.15) is 27.7 Å². The van der Waals surface area contributed by atoms with Crippen LogP contribution in [-0.2, 0) is 0 Å². The molecule has 0 aromatic carbocycles. The second kappa shape index (κ2) is 5.78. The van der Waals surface area contributed by atoms with Crippen molar-refractivity contribution in [2.24, 2.45) is 0 Å². The van der Waals surface area contributed by atoms with E-state index in [1.165, 1.54) is 11.1 Å². The van der Waals surface area contributed by atoms with Gasteiger partial charge in [0.05, 0.1) is 0 Å². The molecule has 0 rings (SSSR count). The smallest absolute Gasteiger partial charge is 0.00363 e. The van der Waals surface area contributed by atoms with E-state index in [0.717, 1.165) is 0 Å². The number of allylic oxidation sites excluding steroid dienone is 4. The van der Waals surface area contributed by atoms with Crippen molar-refractivity contribution in [2.75, 3.05) is 0 Å². The molecule has 0 fully saturated rings. The van der Waals surface area contributed by atoms with E-state index >= 15 is 0 Å². The fraction of sp³-hybridized carbons (Fsp3) is 0.400. The molecule has 0 atom stereocenters. The van der Waals surface area contributed by atoms with Gasteiger partial charge in [0.15, 0.2) is 0 Å². The second-order valence-electron chi connectivity index (χ2n) is 2.47. The summed E-state index contributed by atoms with van der Waals surface area (Å²) in [6.07, 6.45) is 7.97. The van der Waals surface area contributed by atoms with Crippen LogP contribution in [-0.4, -0.2) is 0 Å². The lowest BCUT2D eigenvalue weighted by molar-refractivity contribution is 1.14. The number of nitrogens with one attached hydrogen (secondary N) is 1. The van der Waals surface area contributed by atoms with Crippen LogP contribution in [0.25, 0.3) is 0 Å². The summed E-state index contributed by atoms with van der Waals surface area (Å²) in [4.78, 5) is 0. The summed E-state index contributed by atoms with van der Waals surface area (Å²) >= 11 is 0. The van der Waals surface area contributed by atoms with Crippen molar-refractivity contribution in [3.05, 3.63) is 35.7 Å². The molecule has 1 nitrogen and oxygen atoms in total. The monoisotopic (exact) mass is 151 g/mol. The maximum atomic E-state index is 3.07. The summed E-state index contributed by atoms with van der Waals surface area (Å²) in [5, 5.41) is 3.07. The van der Waals surface area contributed by atoms with Crippen molar-refractivity contribution in [1.82, 2.24) is 5.32 Å². The second-order valence-corrected chi connectivity index (χ2v) is 2.47. The van der Waals surface area contributed by atoms with Crippen LogP contribution in [0.4, 0.5) is 0 Å². The van der Waals surface area contributed by atoms with Gasteiger partial charge >= 0.3 is 0 Å². The average Bonchev–Trinajstić information content (AvgIpc) is 2.03. The van der Waals surface area contributed by atoms with Gasteiger partial charge in [-0.1, -0.05) is 17.7 Å². The van der Waals surface area contributed by atoms with Gasteiger partial charge in [-0.3, -0.25) is 0 Å². The summed E-state index contributed by atoms with van der Waals surface area (Å²) in [5.74, 6) is 0. The molecule has 1 N–H and O–H groups in total. The third-order valence-corrected chi connectivity index (χ3v) is 1.62. The predicted molar refractivity (Wildman–Crippen MR) is 51.1 cm³/mol. The van der Waals surface area contributed by atoms with Crippen LogP contribution in [0.3, 0.4) is 0 Å². The van der Waals surface area contributed by atoms with E-state index in [0.29, 0.717) is 0 Å². The van der Waals surface area contributed by atoms with E-state index in [4.69, 9.17) is 0 Å². The average molecular weight is 151 g/mol. The Balaban J connectivity index is 4.01. The van der Waals surface area contributed by atoms with Gasteiger partial charge in [0.2, 0.25) is 0 Å². The van der Waals surface area contributed by atoms with Crippen LogP contribution in [0.2, 0.25) is 0 Å². The van der Waals surface area contributed by atoms with Crippen molar-refractivity contribution in [3.63, 3.8) is 0 Å². The van der Waals surface area contributed by atoms with Crippen molar-refractivity contribution >= 4 is 0 Å². The first-order valence-corrected chi connectivity index (χ1v) is 3.89. The zero-order chi connectivity index (χ0) is 8.69. The third kappa shape index (κ3) is 4.43. The summed E-state index contributed by atoms with van der Waals surface area (Å²) in [7, 11) is 0. The minimum absolute atomic E-state index is 1.27. The van der Waals surface area contributed by atoms with Crippen molar-refractivity contribution in [3.8, 4) is 0 Å². The SMILES string of the molecule is C/C=C/N/C=C(C)\C(C)=C\C. The van der Waals surface area contributed by atoms with Crippen molar-refractivity contribution in [2.45, 2.75) is 27.7 Å². The first kappa shape index (κ1) is 10.0. The highest BCUT2D eigenvalue weighted by atomic mass is 14.8. The molecule has 0 aromatic heterocycles. The number of hydrogen-bond acceptors (Lipinski definition) is 1. The maximum absolute atomic E-state index is 3.07. The van der Waals surface area contributed by atoms with Crippen molar-refractivity contribution < 1.29 is 0 Å². The van der Waals surface area contributed by atoms with Gasteiger partial charge < -0.3 is 5.32 Å². The van der Waals surface area contributed by atoms with E-state index in [-0.39, 0.29) is 0 Å². The van der Waals surface area contributed by atoms with Crippen LogP contribution < -0.4 is 5.32 Å². The fourth-order valence-electron chi connectivity index (χ4n) is 0.611. The Labute approximate surface area is 69.5 Å². The zero-order valence-electron chi connectivity index (χ0n) is 7.81. The minimum atomic E-state index is 1.27. The van der Waals surface area contributed by atoms with E-state index < -0.39 is 0 Å². The molecule has 0 aliphatic heterocycles. The normalized spacial score (nSPS) is 14.2. The van der Waals surface area contributed by atoms with Crippen LogP contribution >= 0.6 is 0 Å². The fourth-order valence-corrected chi connectivity index (χ4v) is 0.611. The van der Waals surface area contributed by atoms with Gasteiger partial charge in [0, 0.05) is 6.20 Å². The molecular weight excluding hydrogens is 134 g/mol. The lowest BCUT2D eigenvalue weighted by atomic mass is 10.1. The summed E-state index contributed by atoms with van der Waals surface area (Å²) in [5.41, 5.74) is 2.58. The molecule has 0 radical (unpaired) electrons. The van der Waals surface area contributed by atoms with Crippen LogP contribution in [0.5, 0.6) is 0 Å². The molecule has 1 heteroatoms. The first-order valence-electron chi connectivity index (χ1n) is 3.89. The molecular formula is C10H17N. The lowest BCUT2D eigenvalue weighted by Gasteiger charge is -1.99. The Hall–Kier alpha value is -0.980. The molecule has 0 aromatic rings. The molecule has 0 saturated heterocycles. The molecule has 0 aliphatic carbocycles. The van der Waals surface area contributed by atoms with Gasteiger partial charge in [-0.25, -0.2) is 0 Å². The summed E-state index contributed by atoms with van der Waals surface area (Å²) < 4.78 is 0. The Morgan fingerprint density at radius 3 is 2.18 bits per heavy atom. The van der Waals surface area contributed by atoms with Crippen molar-refractivity contribution in [1.29, 1.82) is 0 Å². The molecule has 0 bridgehead atoms. The highest BCUT2D eigenvalue weighted by Gasteiger charge is 1.87. The maximum Gasteiger partial charge on any atom is 0.00363 e. The number of rotatable bonds is 3. The molecule has 0 amide bonds. The quantitative estimate of drug-likeness (QED) is 0.611. The third-order valence-electron chi connectivity index (χ3n) is 1.62. The lowest BCUT2D eigenvalue weighted by Crippen LogP contribution is -1.94. The minimum Gasteiger partial charge on any atom is -0.368 e. The predicted octanol–water partition coefficient (Wildman–Crippen LogP) is 2.98. The highest BCUT2D eigenvalue weighted by Crippen LogP contribution is 2.05. The molecule has 0 spiro atoms. The standard InChI is InChI=1S/C10H17N/c1-5-7-11-8-10(4)9(3)6-2/h5-8,11H,1-4H3/b7-5+,9-6+,10-8-. The van der Waals surface area contributed by atoms with Gasteiger partial charge in [-0.2, -0.15) is 0 Å². The molecule has 11 heavy (non-hydrogen) atoms. The van der Waals surface area contributed by atoms with Gasteiger partial charge in [0.1, 0.15) is 0 Å². The Morgan fingerprint density at radius 2 is 1.73 bits per heavy atom. The van der Waals surface area contributed by atoms with Gasteiger partial charge in [-0.15, -0.1) is 0 Å². The molecule has 0 saturated carbocycles. The van der Waals surface area contributed by atoms with Gasteiger partial charge in [-0.05, 0) is 39.5 Å². The largest absolute Gasteiger partial charge is 0.368 e. The van der Waals surface area contributed by atoms with E-state index in [2.05, 4.69) is 25.2 Å². The number of hydrogen-bond donors (Lipinski definition) is 1. The van der Waals surface area contributed by atoms with Crippen LogP contribution in [0.15, 0.2) is 35.7 Å². The Kier molecular flexibility index (Phi) is 5.26. The topological polar surface area (TPSA) is 12.0 Å². The Bertz CT molecular complexity index is 185.